The number of benzene rings is 1. The lowest BCUT2D eigenvalue weighted by molar-refractivity contribution is 0.214. The number of allylic oxidation sites excluding steroid dienone is 2. The van der Waals surface area contributed by atoms with Crippen LogP contribution < -0.4 is 0 Å². The number of sulfonamides is 1. The van der Waals surface area contributed by atoms with E-state index >= 15 is 0 Å². The molecule has 6 rings (SSSR count). The number of piperidine rings is 1. The van der Waals surface area contributed by atoms with Crippen LogP contribution in [0.25, 0.3) is 0 Å². The fourth-order valence-corrected chi connectivity index (χ4v) is 7.77. The molecule has 0 amide bonds. The largest absolute Gasteiger partial charge is 0.243 e. The minimum atomic E-state index is -3.35. The molecule has 3 fully saturated rings. The second-order valence-corrected chi connectivity index (χ2v) is 10.6. The average molecular weight is 329 g/mol. The highest BCUT2D eigenvalue weighted by Crippen LogP contribution is 2.88. The summed E-state index contributed by atoms with van der Waals surface area (Å²) in [5.41, 5.74) is 3.40. The van der Waals surface area contributed by atoms with Crippen LogP contribution in [0.15, 0.2) is 40.8 Å². The SMILES string of the molecule is CC1=CC2C34CN(S(=O)(=O)c5ccc(C)cc5)CC23CC1(C)C4. The molecule has 0 aromatic heterocycles. The number of nitrogens with zero attached hydrogens (tertiary/aromatic N) is 1. The van der Waals surface area contributed by atoms with Gasteiger partial charge >= 0.3 is 0 Å². The number of rotatable bonds is 2. The van der Waals surface area contributed by atoms with Crippen molar-refractivity contribution in [2.45, 2.75) is 38.5 Å². The molecule has 5 aliphatic rings. The van der Waals surface area contributed by atoms with Crippen LogP contribution in [-0.2, 0) is 10.0 Å². The number of hydrogen-bond donors (Lipinski definition) is 0. The molecule has 1 aromatic rings. The van der Waals surface area contributed by atoms with Gasteiger partial charge < -0.3 is 0 Å². The van der Waals surface area contributed by atoms with Crippen molar-refractivity contribution >= 4 is 10.0 Å². The zero-order valence-corrected chi connectivity index (χ0v) is 14.8. The van der Waals surface area contributed by atoms with Crippen molar-refractivity contribution in [2.24, 2.45) is 22.2 Å². The van der Waals surface area contributed by atoms with Crippen molar-refractivity contribution in [3.63, 3.8) is 0 Å². The molecule has 2 saturated carbocycles. The lowest BCUT2D eigenvalue weighted by Gasteiger charge is -2.40. The summed E-state index contributed by atoms with van der Waals surface area (Å²) in [5.74, 6) is 0.626. The Morgan fingerprint density at radius 2 is 1.61 bits per heavy atom. The second-order valence-electron chi connectivity index (χ2n) is 8.64. The molecule has 1 saturated heterocycles. The molecule has 23 heavy (non-hydrogen) atoms. The molecule has 2 unspecified atom stereocenters. The summed E-state index contributed by atoms with van der Waals surface area (Å²) in [6.45, 7) is 8.04. The minimum Gasteiger partial charge on any atom is -0.207 e. The first kappa shape index (κ1) is 14.2. The summed E-state index contributed by atoms with van der Waals surface area (Å²) in [4.78, 5) is 0.443. The summed E-state index contributed by atoms with van der Waals surface area (Å²) in [5, 5.41) is 0. The Labute approximate surface area is 138 Å². The third kappa shape index (κ3) is 1.44. The predicted octanol–water partition coefficient (Wildman–Crippen LogP) is 3.36. The molecule has 1 heterocycles. The summed E-state index contributed by atoms with van der Waals surface area (Å²) in [6.07, 6.45) is 4.81. The monoisotopic (exact) mass is 329 g/mol. The van der Waals surface area contributed by atoms with Gasteiger partial charge in [0.2, 0.25) is 10.0 Å². The van der Waals surface area contributed by atoms with E-state index in [2.05, 4.69) is 19.9 Å². The van der Waals surface area contributed by atoms with Gasteiger partial charge in [0.05, 0.1) is 4.90 Å². The van der Waals surface area contributed by atoms with E-state index in [9.17, 15) is 8.42 Å². The van der Waals surface area contributed by atoms with Crippen molar-refractivity contribution < 1.29 is 8.42 Å². The maximum atomic E-state index is 13.0. The highest BCUT2D eigenvalue weighted by molar-refractivity contribution is 7.89. The van der Waals surface area contributed by atoms with Crippen LogP contribution in [0.2, 0.25) is 0 Å². The van der Waals surface area contributed by atoms with E-state index < -0.39 is 10.0 Å². The van der Waals surface area contributed by atoms with Crippen LogP contribution in [0, 0.1) is 29.1 Å². The highest BCUT2D eigenvalue weighted by atomic mass is 32.2. The minimum absolute atomic E-state index is 0.235. The Bertz CT molecular complexity index is 832. The summed E-state index contributed by atoms with van der Waals surface area (Å²) in [6, 6.07) is 7.26. The van der Waals surface area contributed by atoms with Crippen LogP contribution in [0.3, 0.4) is 0 Å². The third-order valence-electron chi connectivity index (χ3n) is 7.45. The standard InChI is InChI=1S/C19H23NO2S/c1-13-4-6-15(7-5-13)23(21,22)20-11-18-9-17(3)10-19(18,12-20)16(18)8-14(17)2/h4-8,16H,9-12H2,1-3H3. The van der Waals surface area contributed by atoms with Gasteiger partial charge in [0.15, 0.2) is 0 Å². The molecule has 122 valence electrons. The van der Waals surface area contributed by atoms with Gasteiger partial charge in [-0.2, -0.15) is 4.31 Å². The number of hydrogen-bond acceptors (Lipinski definition) is 2. The first-order chi connectivity index (χ1) is 10.7. The second kappa shape index (κ2) is 3.75. The molecule has 2 spiro atoms. The Hall–Kier alpha value is -1.13. The predicted molar refractivity (Wildman–Crippen MR) is 89.4 cm³/mol. The van der Waals surface area contributed by atoms with Gasteiger partial charge in [-0.15, -0.1) is 0 Å². The molecule has 0 N–H and O–H groups in total. The lowest BCUT2D eigenvalue weighted by atomic mass is 9.68. The van der Waals surface area contributed by atoms with E-state index in [1.54, 1.807) is 16.4 Å². The molecule has 4 heteroatoms. The Morgan fingerprint density at radius 3 is 2.13 bits per heavy atom. The van der Waals surface area contributed by atoms with Gasteiger partial charge in [0, 0.05) is 13.1 Å². The molecule has 1 aromatic carbocycles. The fraction of sp³-hybridized carbons (Fsp3) is 0.579. The van der Waals surface area contributed by atoms with E-state index in [0.717, 1.165) is 5.56 Å². The van der Waals surface area contributed by atoms with Crippen LogP contribution >= 0.6 is 0 Å². The smallest absolute Gasteiger partial charge is 0.207 e. The molecule has 0 radical (unpaired) electrons. The van der Waals surface area contributed by atoms with Crippen molar-refractivity contribution in [1.82, 2.24) is 4.31 Å². The fourth-order valence-electron chi connectivity index (χ4n) is 6.19. The first-order valence-electron chi connectivity index (χ1n) is 8.49. The quantitative estimate of drug-likeness (QED) is 0.780. The maximum absolute atomic E-state index is 13.0. The highest BCUT2D eigenvalue weighted by Gasteiger charge is 2.86. The van der Waals surface area contributed by atoms with Crippen molar-refractivity contribution in [2.75, 3.05) is 13.1 Å². The van der Waals surface area contributed by atoms with Crippen molar-refractivity contribution in [3.05, 3.63) is 41.5 Å². The lowest BCUT2D eigenvalue weighted by Crippen LogP contribution is -2.40. The number of aryl methyl sites for hydroxylation is 1. The van der Waals surface area contributed by atoms with Crippen molar-refractivity contribution in [3.8, 4) is 0 Å². The Kier molecular flexibility index (Phi) is 2.32. The van der Waals surface area contributed by atoms with Crippen LogP contribution in [-0.4, -0.2) is 25.8 Å². The normalized spacial score (nSPS) is 44.1. The third-order valence-corrected chi connectivity index (χ3v) is 9.26. The summed E-state index contributed by atoms with van der Waals surface area (Å²) < 4.78 is 27.8. The first-order valence-corrected chi connectivity index (χ1v) is 9.93. The van der Waals surface area contributed by atoms with Gasteiger partial charge in [0.1, 0.15) is 0 Å². The Balaban J connectivity index is 1.49. The van der Waals surface area contributed by atoms with Gasteiger partial charge in [0.25, 0.3) is 0 Å². The van der Waals surface area contributed by atoms with Crippen LogP contribution in [0.1, 0.15) is 32.3 Å². The van der Waals surface area contributed by atoms with Crippen LogP contribution in [0.4, 0.5) is 0 Å². The molecule has 1 aliphatic heterocycles. The summed E-state index contributed by atoms with van der Waals surface area (Å²) >= 11 is 0. The van der Waals surface area contributed by atoms with E-state index in [-0.39, 0.29) is 10.8 Å². The van der Waals surface area contributed by atoms with E-state index in [0.29, 0.717) is 29.3 Å². The molecule has 4 bridgehead atoms. The van der Waals surface area contributed by atoms with E-state index in [1.165, 1.54) is 18.4 Å². The van der Waals surface area contributed by atoms with Crippen molar-refractivity contribution in [1.29, 1.82) is 0 Å². The maximum Gasteiger partial charge on any atom is 0.243 e. The molecular weight excluding hydrogens is 306 g/mol. The van der Waals surface area contributed by atoms with Gasteiger partial charge in [-0.3, -0.25) is 0 Å². The molecule has 2 atom stereocenters. The summed E-state index contributed by atoms with van der Waals surface area (Å²) in [7, 11) is -3.35. The van der Waals surface area contributed by atoms with E-state index in [1.807, 2.05) is 19.1 Å². The Morgan fingerprint density at radius 1 is 1.04 bits per heavy atom. The molecule has 3 nitrogen and oxygen atoms in total. The topological polar surface area (TPSA) is 37.4 Å². The zero-order valence-electron chi connectivity index (χ0n) is 14.0. The molecule has 4 aliphatic carbocycles. The van der Waals surface area contributed by atoms with E-state index in [4.69, 9.17) is 0 Å². The van der Waals surface area contributed by atoms with Gasteiger partial charge in [-0.25, -0.2) is 8.42 Å². The van der Waals surface area contributed by atoms with Gasteiger partial charge in [-0.05, 0) is 61.0 Å². The van der Waals surface area contributed by atoms with Crippen LogP contribution in [0.5, 0.6) is 0 Å². The molecular formula is C19H23NO2S. The average Bonchev–Trinajstić information content (AvgIpc) is 2.74. The zero-order chi connectivity index (χ0) is 16.3. The van der Waals surface area contributed by atoms with Gasteiger partial charge in [-0.1, -0.05) is 36.3 Å².